The van der Waals surface area contributed by atoms with E-state index in [2.05, 4.69) is 30.9 Å². The van der Waals surface area contributed by atoms with Crippen molar-refractivity contribution in [2.45, 2.75) is 0 Å². The Labute approximate surface area is 80.3 Å². The Morgan fingerprint density at radius 3 is 3.00 bits per heavy atom. The third kappa shape index (κ3) is 2.14. The van der Waals surface area contributed by atoms with Gasteiger partial charge < -0.3 is 0 Å². The first-order valence-electron chi connectivity index (χ1n) is 3.00. The van der Waals surface area contributed by atoms with Gasteiger partial charge in [0.25, 0.3) is 5.69 Å². The molecule has 0 saturated heterocycles. The van der Waals surface area contributed by atoms with Gasteiger partial charge in [0.1, 0.15) is 0 Å². The minimum atomic E-state index is -0.665. The number of hydrogen-bond acceptors (Lipinski definition) is 4. The lowest BCUT2D eigenvalue weighted by Crippen LogP contribution is -1.89. The molecule has 0 spiro atoms. The van der Waals surface area contributed by atoms with Crippen LogP contribution in [0.25, 0.3) is 10.4 Å². The van der Waals surface area contributed by atoms with Crippen molar-refractivity contribution < 1.29 is 4.92 Å². The highest BCUT2D eigenvalue weighted by atomic mass is 79.9. The molecule has 0 N–H and O–H groups in total. The zero-order chi connectivity index (χ0) is 9.84. The molecule has 0 aromatic carbocycles. The summed E-state index contributed by atoms with van der Waals surface area (Å²) >= 11 is 3.01. The molecule has 66 valence electrons. The smallest absolute Gasteiger partial charge is 0.258 e. The molecule has 1 rings (SSSR count). The van der Waals surface area contributed by atoms with E-state index in [1.54, 1.807) is 0 Å². The van der Waals surface area contributed by atoms with Gasteiger partial charge in [-0.1, -0.05) is 0 Å². The molecular formula is C5H2BrN5O2. The minimum absolute atomic E-state index is 0.240. The molecule has 7 nitrogen and oxygen atoms in total. The molecule has 0 radical (unpaired) electrons. The standard InChI is InChI=1S/C5H2BrN5O2/c6-3-1-4(11(12)13)5(8-2-3)9-10-7/h1-2H. The summed E-state index contributed by atoms with van der Waals surface area (Å²) in [6, 6.07) is 1.22. The van der Waals surface area contributed by atoms with Crippen LogP contribution in [0.2, 0.25) is 0 Å². The fraction of sp³-hybridized carbons (Fsp3) is 0. The second-order valence-corrected chi connectivity index (χ2v) is 2.86. The molecule has 1 aromatic heterocycles. The van der Waals surface area contributed by atoms with E-state index < -0.39 is 4.92 Å². The van der Waals surface area contributed by atoms with Crippen LogP contribution in [0.3, 0.4) is 0 Å². The van der Waals surface area contributed by atoms with Crippen molar-refractivity contribution in [2.24, 2.45) is 5.11 Å². The van der Waals surface area contributed by atoms with Crippen molar-refractivity contribution in [2.75, 3.05) is 0 Å². The van der Waals surface area contributed by atoms with Crippen LogP contribution in [-0.2, 0) is 0 Å². The monoisotopic (exact) mass is 243 g/mol. The molecule has 8 heteroatoms. The molecule has 1 aromatic rings. The summed E-state index contributed by atoms with van der Waals surface area (Å²) in [4.78, 5) is 15.7. The quantitative estimate of drug-likeness (QED) is 0.262. The second kappa shape index (κ2) is 3.83. The lowest BCUT2D eigenvalue weighted by Gasteiger charge is -1.94. The van der Waals surface area contributed by atoms with Gasteiger partial charge in [0, 0.05) is 21.6 Å². The lowest BCUT2D eigenvalue weighted by atomic mass is 10.4. The number of azide groups is 1. The van der Waals surface area contributed by atoms with Gasteiger partial charge in [0.05, 0.1) is 4.92 Å². The van der Waals surface area contributed by atoms with Crippen LogP contribution in [0.4, 0.5) is 11.5 Å². The molecule has 0 atom stereocenters. The van der Waals surface area contributed by atoms with E-state index in [9.17, 15) is 10.1 Å². The maximum Gasteiger partial charge on any atom is 0.298 e. The summed E-state index contributed by atoms with van der Waals surface area (Å²) in [6.45, 7) is 0. The van der Waals surface area contributed by atoms with Gasteiger partial charge in [-0.2, -0.15) is 0 Å². The molecule has 0 aliphatic rings. The summed E-state index contributed by atoms with van der Waals surface area (Å²) < 4.78 is 0.455. The molecular weight excluding hydrogens is 242 g/mol. The van der Waals surface area contributed by atoms with E-state index in [1.807, 2.05) is 0 Å². The van der Waals surface area contributed by atoms with Crippen molar-refractivity contribution in [3.63, 3.8) is 0 Å². The fourth-order valence-corrected chi connectivity index (χ4v) is 0.994. The largest absolute Gasteiger partial charge is 0.298 e. The average Bonchev–Trinajstić information content (AvgIpc) is 2.08. The second-order valence-electron chi connectivity index (χ2n) is 1.94. The maximum atomic E-state index is 10.4. The Balaban J connectivity index is 3.34. The number of hydrogen-bond donors (Lipinski definition) is 0. The first-order valence-corrected chi connectivity index (χ1v) is 3.79. The van der Waals surface area contributed by atoms with Crippen molar-refractivity contribution >= 4 is 27.4 Å². The van der Waals surface area contributed by atoms with Gasteiger partial charge >= 0.3 is 0 Å². The average molecular weight is 244 g/mol. The van der Waals surface area contributed by atoms with Crippen molar-refractivity contribution in [1.29, 1.82) is 0 Å². The highest BCUT2D eigenvalue weighted by Gasteiger charge is 2.13. The number of nitro groups is 1. The van der Waals surface area contributed by atoms with Crippen LogP contribution >= 0.6 is 15.9 Å². The first kappa shape index (κ1) is 9.43. The highest BCUT2D eigenvalue weighted by molar-refractivity contribution is 9.10. The molecule has 0 fully saturated rings. The predicted molar refractivity (Wildman–Crippen MR) is 47.4 cm³/mol. The van der Waals surface area contributed by atoms with Crippen molar-refractivity contribution in [1.82, 2.24) is 4.98 Å². The van der Waals surface area contributed by atoms with Crippen LogP contribution in [-0.4, -0.2) is 9.91 Å². The molecule has 1 heterocycles. The van der Waals surface area contributed by atoms with E-state index in [0.717, 1.165) is 0 Å². The van der Waals surface area contributed by atoms with Crippen molar-refractivity contribution in [3.8, 4) is 0 Å². The van der Waals surface area contributed by atoms with Crippen LogP contribution in [0.1, 0.15) is 0 Å². The summed E-state index contributed by atoms with van der Waals surface area (Å²) in [6.07, 6.45) is 1.32. The molecule has 0 unspecified atom stereocenters. The van der Waals surface area contributed by atoms with E-state index >= 15 is 0 Å². The third-order valence-electron chi connectivity index (χ3n) is 1.15. The zero-order valence-corrected chi connectivity index (χ0v) is 7.67. The Bertz CT molecular complexity index is 400. The van der Waals surface area contributed by atoms with Gasteiger partial charge in [-0.3, -0.25) is 10.1 Å². The van der Waals surface area contributed by atoms with Gasteiger partial charge in [0.2, 0.25) is 5.82 Å². The van der Waals surface area contributed by atoms with Crippen LogP contribution in [0.15, 0.2) is 21.9 Å². The Hall–Kier alpha value is -1.66. The maximum absolute atomic E-state index is 10.4. The molecule has 0 amide bonds. The van der Waals surface area contributed by atoms with E-state index in [4.69, 9.17) is 5.53 Å². The normalized spacial score (nSPS) is 9.00. The number of pyridine rings is 1. The van der Waals surface area contributed by atoms with E-state index in [1.165, 1.54) is 12.3 Å². The minimum Gasteiger partial charge on any atom is -0.258 e. The first-order chi connectivity index (χ1) is 6.15. The molecule has 0 aliphatic carbocycles. The summed E-state index contributed by atoms with van der Waals surface area (Å²) in [7, 11) is 0. The molecule has 0 bridgehead atoms. The van der Waals surface area contributed by atoms with Gasteiger partial charge in [0.15, 0.2) is 0 Å². The Morgan fingerprint density at radius 2 is 2.46 bits per heavy atom. The number of rotatable bonds is 2. The van der Waals surface area contributed by atoms with Crippen molar-refractivity contribution in [3.05, 3.63) is 37.3 Å². The van der Waals surface area contributed by atoms with Gasteiger partial charge in [-0.15, -0.1) is 0 Å². The van der Waals surface area contributed by atoms with Crippen LogP contribution in [0.5, 0.6) is 0 Å². The molecule has 0 saturated carbocycles. The van der Waals surface area contributed by atoms with E-state index in [0.29, 0.717) is 4.47 Å². The number of halogens is 1. The van der Waals surface area contributed by atoms with Gasteiger partial charge in [-0.25, -0.2) is 4.98 Å². The summed E-state index contributed by atoms with van der Waals surface area (Å²) in [5.41, 5.74) is 7.75. The fourth-order valence-electron chi connectivity index (χ4n) is 0.675. The molecule has 13 heavy (non-hydrogen) atoms. The number of nitrogens with zero attached hydrogens (tertiary/aromatic N) is 5. The Morgan fingerprint density at radius 1 is 1.77 bits per heavy atom. The number of aromatic nitrogens is 1. The summed E-state index contributed by atoms with van der Waals surface area (Å²) in [5, 5.41) is 13.5. The van der Waals surface area contributed by atoms with E-state index in [-0.39, 0.29) is 11.5 Å². The van der Waals surface area contributed by atoms with Crippen LogP contribution < -0.4 is 0 Å². The predicted octanol–water partition coefficient (Wildman–Crippen LogP) is 2.69. The van der Waals surface area contributed by atoms with Crippen LogP contribution in [0, 0.1) is 10.1 Å². The SMILES string of the molecule is [N-]=[N+]=Nc1ncc(Br)cc1[N+](=O)[O-]. The zero-order valence-electron chi connectivity index (χ0n) is 6.09. The third-order valence-corrected chi connectivity index (χ3v) is 1.58. The summed E-state index contributed by atoms with van der Waals surface area (Å²) in [5.74, 6) is -0.240. The Kier molecular flexibility index (Phi) is 2.78. The topological polar surface area (TPSA) is 105 Å². The lowest BCUT2D eigenvalue weighted by molar-refractivity contribution is -0.384. The van der Waals surface area contributed by atoms with Gasteiger partial charge in [-0.05, 0) is 26.6 Å². The molecule has 0 aliphatic heterocycles. The highest BCUT2D eigenvalue weighted by Crippen LogP contribution is 2.27.